The van der Waals surface area contributed by atoms with Gasteiger partial charge in [0.2, 0.25) is 5.91 Å². The molecule has 1 amide bonds. The van der Waals surface area contributed by atoms with Crippen LogP contribution < -0.4 is 4.74 Å². The Bertz CT molecular complexity index is 734. The van der Waals surface area contributed by atoms with Crippen molar-refractivity contribution in [2.45, 2.75) is 25.8 Å². The number of aromatic nitrogens is 2. The van der Waals surface area contributed by atoms with Crippen LogP contribution in [0.2, 0.25) is 0 Å². The summed E-state index contributed by atoms with van der Waals surface area (Å²) in [5.74, 6) is 1.50. The van der Waals surface area contributed by atoms with Gasteiger partial charge < -0.3 is 9.64 Å². The molecule has 1 fully saturated rings. The van der Waals surface area contributed by atoms with E-state index in [1.807, 2.05) is 42.1 Å². The molecule has 0 spiro atoms. The molecule has 0 aliphatic heterocycles. The van der Waals surface area contributed by atoms with E-state index in [0.717, 1.165) is 30.0 Å². The molecule has 25 heavy (non-hydrogen) atoms. The van der Waals surface area contributed by atoms with E-state index in [1.54, 1.807) is 11.1 Å². The normalized spacial score (nSPS) is 13.5. The molecule has 0 unspecified atom stereocenters. The van der Waals surface area contributed by atoms with Crippen molar-refractivity contribution in [1.29, 1.82) is 0 Å². The largest absolute Gasteiger partial charge is 0.493 e. The van der Waals surface area contributed by atoms with Crippen LogP contribution in [0.1, 0.15) is 24.1 Å². The summed E-state index contributed by atoms with van der Waals surface area (Å²) in [5, 5.41) is 4.18. The smallest absolute Gasteiger partial charge is 0.246 e. The highest BCUT2D eigenvalue weighted by atomic mass is 16.5. The zero-order valence-corrected chi connectivity index (χ0v) is 14.7. The van der Waals surface area contributed by atoms with Crippen molar-refractivity contribution >= 4 is 5.91 Å². The third-order valence-corrected chi connectivity index (χ3v) is 4.55. The number of nitrogens with zero attached hydrogens (tertiary/aromatic N) is 3. The number of aryl methyl sites for hydroxylation is 1. The highest BCUT2D eigenvalue weighted by Gasteiger charge is 2.22. The molecular formula is C20H25N3O2. The van der Waals surface area contributed by atoms with Gasteiger partial charge in [0.1, 0.15) is 5.75 Å². The van der Waals surface area contributed by atoms with Crippen molar-refractivity contribution in [3.05, 3.63) is 60.4 Å². The van der Waals surface area contributed by atoms with Gasteiger partial charge in [-0.05, 0) is 37.0 Å². The van der Waals surface area contributed by atoms with Crippen LogP contribution in [0.5, 0.6) is 5.75 Å². The molecule has 1 heterocycles. The Balaban J connectivity index is 1.68. The second kappa shape index (κ2) is 8.01. The van der Waals surface area contributed by atoms with Gasteiger partial charge in [-0.1, -0.05) is 24.8 Å². The molecule has 132 valence electrons. The number of carbonyl (C=O) groups excluding carboxylic acids is 1. The van der Waals surface area contributed by atoms with E-state index in [1.165, 1.54) is 18.9 Å². The average molecular weight is 339 g/mol. The van der Waals surface area contributed by atoms with E-state index < -0.39 is 0 Å². The van der Waals surface area contributed by atoms with E-state index in [-0.39, 0.29) is 5.91 Å². The summed E-state index contributed by atoms with van der Waals surface area (Å²) in [6.45, 7) is 5.53. The number of rotatable bonds is 9. The average Bonchev–Trinajstić information content (AvgIpc) is 3.37. The predicted molar refractivity (Wildman–Crippen MR) is 97.2 cm³/mol. The molecule has 0 radical (unpaired) electrons. The van der Waals surface area contributed by atoms with E-state index in [2.05, 4.69) is 11.7 Å². The summed E-state index contributed by atoms with van der Waals surface area (Å²) in [7, 11) is 1.91. The Hall–Kier alpha value is -2.56. The molecule has 1 aromatic carbocycles. The fourth-order valence-electron chi connectivity index (χ4n) is 2.77. The highest BCUT2D eigenvalue weighted by molar-refractivity contribution is 5.87. The van der Waals surface area contributed by atoms with E-state index in [0.29, 0.717) is 19.0 Å². The Morgan fingerprint density at radius 3 is 2.88 bits per heavy atom. The molecule has 1 aromatic heterocycles. The maximum atomic E-state index is 12.3. The van der Waals surface area contributed by atoms with Crippen molar-refractivity contribution in [1.82, 2.24) is 14.7 Å². The summed E-state index contributed by atoms with van der Waals surface area (Å²) in [4.78, 5) is 14.1. The molecule has 1 aliphatic carbocycles. The Labute approximate surface area is 148 Å². The molecule has 2 aromatic rings. The fraction of sp³-hybridized carbons (Fsp3) is 0.400. The SMILES string of the molecule is C=CC(=O)N(CCc1ccnn1C)Cc1ccccc1OCC1CC1. The predicted octanol–water partition coefficient (Wildman–Crippen LogP) is 2.97. The molecular weight excluding hydrogens is 314 g/mol. The van der Waals surface area contributed by atoms with Crippen molar-refractivity contribution in [2.75, 3.05) is 13.2 Å². The van der Waals surface area contributed by atoms with Gasteiger partial charge in [0.05, 0.1) is 6.61 Å². The summed E-state index contributed by atoms with van der Waals surface area (Å²) in [5.41, 5.74) is 2.13. The number of ether oxygens (including phenoxy) is 1. The Kier molecular flexibility index (Phi) is 5.53. The second-order valence-electron chi connectivity index (χ2n) is 6.52. The Morgan fingerprint density at radius 2 is 2.20 bits per heavy atom. The lowest BCUT2D eigenvalue weighted by atomic mass is 10.1. The van der Waals surface area contributed by atoms with Crippen LogP contribution in [0.3, 0.4) is 0 Å². The van der Waals surface area contributed by atoms with Crippen molar-refractivity contribution in [3.63, 3.8) is 0 Å². The zero-order valence-electron chi connectivity index (χ0n) is 14.7. The highest BCUT2D eigenvalue weighted by Crippen LogP contribution is 2.30. The maximum absolute atomic E-state index is 12.3. The van der Waals surface area contributed by atoms with Crippen LogP contribution in [0, 0.1) is 5.92 Å². The summed E-state index contributed by atoms with van der Waals surface area (Å²) in [6, 6.07) is 9.94. The van der Waals surface area contributed by atoms with Crippen LogP contribution >= 0.6 is 0 Å². The lowest BCUT2D eigenvalue weighted by molar-refractivity contribution is -0.126. The van der Waals surface area contributed by atoms with Gasteiger partial charge in [0, 0.05) is 44.0 Å². The number of para-hydroxylation sites is 1. The molecule has 0 saturated heterocycles. The Morgan fingerprint density at radius 1 is 1.40 bits per heavy atom. The first-order valence-electron chi connectivity index (χ1n) is 8.76. The van der Waals surface area contributed by atoms with E-state index >= 15 is 0 Å². The van der Waals surface area contributed by atoms with Gasteiger partial charge in [0.15, 0.2) is 0 Å². The van der Waals surface area contributed by atoms with Crippen LogP contribution in [0.4, 0.5) is 0 Å². The van der Waals surface area contributed by atoms with Crippen molar-refractivity contribution in [2.24, 2.45) is 13.0 Å². The molecule has 5 heteroatoms. The van der Waals surface area contributed by atoms with Crippen LogP contribution in [-0.2, 0) is 24.8 Å². The topological polar surface area (TPSA) is 47.4 Å². The van der Waals surface area contributed by atoms with Crippen molar-refractivity contribution < 1.29 is 9.53 Å². The molecule has 5 nitrogen and oxygen atoms in total. The van der Waals surface area contributed by atoms with Gasteiger partial charge in [-0.25, -0.2) is 0 Å². The van der Waals surface area contributed by atoms with E-state index in [4.69, 9.17) is 4.74 Å². The first-order valence-corrected chi connectivity index (χ1v) is 8.76. The first-order chi connectivity index (χ1) is 12.2. The quantitative estimate of drug-likeness (QED) is 0.660. The summed E-state index contributed by atoms with van der Waals surface area (Å²) in [6.07, 6.45) is 6.41. The van der Waals surface area contributed by atoms with Gasteiger partial charge in [-0.3, -0.25) is 9.48 Å². The van der Waals surface area contributed by atoms with Gasteiger partial charge in [-0.2, -0.15) is 5.10 Å². The summed E-state index contributed by atoms with van der Waals surface area (Å²) >= 11 is 0. The lowest BCUT2D eigenvalue weighted by Gasteiger charge is -2.23. The second-order valence-corrected chi connectivity index (χ2v) is 6.52. The number of amides is 1. The molecule has 1 saturated carbocycles. The number of hydrogen-bond acceptors (Lipinski definition) is 3. The minimum Gasteiger partial charge on any atom is -0.493 e. The lowest BCUT2D eigenvalue weighted by Crippen LogP contribution is -2.31. The molecule has 1 aliphatic rings. The number of carbonyl (C=O) groups is 1. The van der Waals surface area contributed by atoms with Gasteiger partial charge in [0.25, 0.3) is 0 Å². The third kappa shape index (κ3) is 4.72. The van der Waals surface area contributed by atoms with E-state index in [9.17, 15) is 4.79 Å². The number of hydrogen-bond donors (Lipinski definition) is 0. The fourth-order valence-corrected chi connectivity index (χ4v) is 2.77. The van der Waals surface area contributed by atoms with Crippen molar-refractivity contribution in [3.8, 4) is 5.75 Å². The first kappa shape index (κ1) is 17.3. The maximum Gasteiger partial charge on any atom is 0.246 e. The van der Waals surface area contributed by atoms with Crippen LogP contribution in [-0.4, -0.2) is 33.7 Å². The minimum atomic E-state index is -0.0702. The van der Waals surface area contributed by atoms with Gasteiger partial charge >= 0.3 is 0 Å². The van der Waals surface area contributed by atoms with Crippen LogP contribution in [0.15, 0.2) is 49.2 Å². The molecule has 3 rings (SSSR count). The third-order valence-electron chi connectivity index (χ3n) is 4.55. The van der Waals surface area contributed by atoms with Gasteiger partial charge in [-0.15, -0.1) is 0 Å². The number of benzene rings is 1. The monoisotopic (exact) mass is 339 g/mol. The minimum absolute atomic E-state index is 0.0702. The molecule has 0 atom stereocenters. The standard InChI is InChI=1S/C20H25N3O2/c1-3-20(24)23(13-11-18-10-12-21-22(18)2)14-17-6-4-5-7-19(17)25-15-16-8-9-16/h3-7,10,12,16H,1,8-9,11,13-15H2,2H3. The molecule has 0 bridgehead atoms. The zero-order chi connectivity index (χ0) is 17.6. The summed E-state index contributed by atoms with van der Waals surface area (Å²) < 4.78 is 7.80. The van der Waals surface area contributed by atoms with Crippen LogP contribution in [0.25, 0.3) is 0 Å². The molecule has 0 N–H and O–H groups in total.